The number of para-hydroxylation sites is 2. The SMILES string of the molecule is O=C(CC1(O)C(=O)N(CN2CCCCC2)c2ccccc21)c1ccccc1O. The first-order valence-corrected chi connectivity index (χ1v) is 9.68. The van der Waals surface area contributed by atoms with Crippen molar-refractivity contribution in [3.05, 3.63) is 59.7 Å². The summed E-state index contributed by atoms with van der Waals surface area (Å²) in [6.45, 7) is 2.24. The highest BCUT2D eigenvalue weighted by Crippen LogP contribution is 2.43. The first-order chi connectivity index (χ1) is 13.5. The van der Waals surface area contributed by atoms with E-state index in [1.807, 2.05) is 6.07 Å². The van der Waals surface area contributed by atoms with Crippen LogP contribution >= 0.6 is 0 Å². The number of fused-ring (bicyclic) bond motifs is 1. The molecular weight excluding hydrogens is 356 g/mol. The summed E-state index contributed by atoms with van der Waals surface area (Å²) in [6, 6.07) is 13.3. The molecule has 1 amide bonds. The minimum Gasteiger partial charge on any atom is -0.507 e. The number of carbonyl (C=O) groups excluding carboxylic acids is 2. The third kappa shape index (κ3) is 3.19. The predicted octanol–water partition coefficient (Wildman–Crippen LogP) is 2.64. The predicted molar refractivity (Wildman–Crippen MR) is 105 cm³/mol. The molecular formula is C22H24N2O4. The van der Waals surface area contributed by atoms with Crippen molar-refractivity contribution < 1.29 is 19.8 Å². The van der Waals surface area contributed by atoms with Crippen LogP contribution in [0.15, 0.2) is 48.5 Å². The molecule has 6 heteroatoms. The van der Waals surface area contributed by atoms with Crippen molar-refractivity contribution in [3.63, 3.8) is 0 Å². The van der Waals surface area contributed by atoms with Gasteiger partial charge >= 0.3 is 0 Å². The number of benzene rings is 2. The molecule has 146 valence electrons. The van der Waals surface area contributed by atoms with Crippen molar-refractivity contribution in [1.82, 2.24) is 4.90 Å². The molecule has 2 aromatic rings. The van der Waals surface area contributed by atoms with Gasteiger partial charge in [0, 0.05) is 5.56 Å². The smallest absolute Gasteiger partial charge is 0.265 e. The molecule has 1 atom stereocenters. The fourth-order valence-electron chi connectivity index (χ4n) is 4.16. The van der Waals surface area contributed by atoms with Crippen molar-refractivity contribution in [1.29, 1.82) is 0 Å². The summed E-state index contributed by atoms with van der Waals surface area (Å²) >= 11 is 0. The minimum absolute atomic E-state index is 0.107. The zero-order chi connectivity index (χ0) is 19.7. The number of Topliss-reactive ketones (excluding diaryl/α,β-unsaturated/α-hetero) is 1. The van der Waals surface area contributed by atoms with E-state index in [4.69, 9.17) is 0 Å². The van der Waals surface area contributed by atoms with Crippen LogP contribution in [0.1, 0.15) is 41.6 Å². The lowest BCUT2D eigenvalue weighted by molar-refractivity contribution is -0.136. The Balaban J connectivity index is 1.64. The normalized spacial score (nSPS) is 22.3. The molecule has 6 nitrogen and oxygen atoms in total. The lowest BCUT2D eigenvalue weighted by Crippen LogP contribution is -2.47. The number of phenols is 1. The number of hydrogen-bond donors (Lipinski definition) is 2. The molecule has 1 unspecified atom stereocenters. The standard InChI is InChI=1S/C22H24N2O4/c25-19-11-5-2-8-16(19)20(26)14-22(28)17-9-3-4-10-18(17)24(21(22)27)15-23-12-6-1-7-13-23/h2-5,8-11,25,28H,1,6-7,12-15H2. The van der Waals surface area contributed by atoms with Crippen molar-refractivity contribution in [2.45, 2.75) is 31.3 Å². The Hall–Kier alpha value is -2.70. The zero-order valence-corrected chi connectivity index (χ0v) is 15.7. The second-order valence-corrected chi connectivity index (χ2v) is 7.55. The number of phenolic OH excluding ortho intramolecular Hbond substituents is 1. The highest BCUT2D eigenvalue weighted by molar-refractivity contribution is 6.11. The first kappa shape index (κ1) is 18.7. The van der Waals surface area contributed by atoms with Crippen LogP contribution in [0.4, 0.5) is 5.69 Å². The Morgan fingerprint density at radius 3 is 2.43 bits per heavy atom. The van der Waals surface area contributed by atoms with Crippen molar-refractivity contribution in [2.24, 2.45) is 0 Å². The van der Waals surface area contributed by atoms with E-state index in [0.717, 1.165) is 25.9 Å². The number of aliphatic hydroxyl groups is 1. The van der Waals surface area contributed by atoms with Gasteiger partial charge in [0.05, 0.1) is 24.3 Å². The molecule has 0 spiro atoms. The highest BCUT2D eigenvalue weighted by Gasteiger charge is 2.51. The van der Waals surface area contributed by atoms with Gasteiger partial charge in [0.1, 0.15) is 5.75 Å². The Morgan fingerprint density at radius 1 is 1.00 bits per heavy atom. The molecule has 0 saturated carbocycles. The van der Waals surface area contributed by atoms with Crippen molar-refractivity contribution in [3.8, 4) is 5.75 Å². The van der Waals surface area contributed by atoms with Gasteiger partial charge in [-0.2, -0.15) is 0 Å². The summed E-state index contributed by atoms with van der Waals surface area (Å²) in [5.74, 6) is -1.10. The van der Waals surface area contributed by atoms with E-state index >= 15 is 0 Å². The van der Waals surface area contributed by atoms with Gasteiger partial charge in [-0.05, 0) is 44.1 Å². The molecule has 2 aromatic carbocycles. The summed E-state index contributed by atoms with van der Waals surface area (Å²) in [6.07, 6.45) is 2.98. The fourth-order valence-corrected chi connectivity index (χ4v) is 4.16. The van der Waals surface area contributed by atoms with Gasteiger partial charge in [-0.1, -0.05) is 36.8 Å². The fraction of sp³-hybridized carbons (Fsp3) is 0.364. The summed E-state index contributed by atoms with van der Waals surface area (Å²) < 4.78 is 0. The van der Waals surface area contributed by atoms with Crippen molar-refractivity contribution >= 4 is 17.4 Å². The number of amides is 1. The summed E-state index contributed by atoms with van der Waals surface area (Å²) in [4.78, 5) is 29.8. The van der Waals surface area contributed by atoms with Crippen LogP contribution in [0.5, 0.6) is 5.75 Å². The molecule has 0 aliphatic carbocycles. The quantitative estimate of drug-likeness (QED) is 0.780. The van der Waals surface area contributed by atoms with Crippen LogP contribution in [0, 0.1) is 0 Å². The Kier molecular flexibility index (Phi) is 4.91. The van der Waals surface area contributed by atoms with E-state index in [2.05, 4.69) is 4.90 Å². The van der Waals surface area contributed by atoms with E-state index in [-0.39, 0.29) is 11.3 Å². The van der Waals surface area contributed by atoms with Crippen LogP contribution < -0.4 is 4.90 Å². The minimum atomic E-state index is -1.92. The topological polar surface area (TPSA) is 81.1 Å². The number of rotatable bonds is 5. The van der Waals surface area contributed by atoms with Gasteiger partial charge in [0.2, 0.25) is 0 Å². The molecule has 1 fully saturated rings. The van der Waals surface area contributed by atoms with Crippen LogP contribution in [0.2, 0.25) is 0 Å². The summed E-state index contributed by atoms with van der Waals surface area (Å²) in [7, 11) is 0. The van der Waals surface area contributed by atoms with Crippen LogP contribution in [0.3, 0.4) is 0 Å². The van der Waals surface area contributed by atoms with Crippen LogP contribution in [-0.2, 0) is 10.4 Å². The molecule has 2 aliphatic rings. The first-order valence-electron chi connectivity index (χ1n) is 9.68. The number of aromatic hydroxyl groups is 1. The maximum Gasteiger partial charge on any atom is 0.265 e. The van der Waals surface area contributed by atoms with Gasteiger partial charge in [0.15, 0.2) is 11.4 Å². The Labute approximate surface area is 164 Å². The van der Waals surface area contributed by atoms with E-state index in [9.17, 15) is 19.8 Å². The van der Waals surface area contributed by atoms with Gasteiger partial charge in [-0.3, -0.25) is 19.4 Å². The van der Waals surface area contributed by atoms with Gasteiger partial charge in [-0.15, -0.1) is 0 Å². The highest BCUT2D eigenvalue weighted by atomic mass is 16.3. The zero-order valence-electron chi connectivity index (χ0n) is 15.7. The van der Waals surface area contributed by atoms with Crippen LogP contribution in [0.25, 0.3) is 0 Å². The Morgan fingerprint density at radius 2 is 1.68 bits per heavy atom. The molecule has 4 rings (SSSR count). The molecule has 0 aromatic heterocycles. The van der Waals surface area contributed by atoms with Gasteiger partial charge in [0.25, 0.3) is 5.91 Å². The average Bonchev–Trinajstić information content (AvgIpc) is 2.91. The maximum absolute atomic E-state index is 13.2. The Bertz CT molecular complexity index is 907. The molecule has 2 N–H and O–H groups in total. The van der Waals surface area contributed by atoms with E-state index in [1.165, 1.54) is 18.6 Å². The molecule has 0 bridgehead atoms. The summed E-state index contributed by atoms with van der Waals surface area (Å²) in [5, 5.41) is 21.3. The number of ketones is 1. The maximum atomic E-state index is 13.2. The molecule has 28 heavy (non-hydrogen) atoms. The number of nitrogens with zero attached hydrogens (tertiary/aromatic N) is 2. The number of anilines is 1. The van der Waals surface area contributed by atoms with Gasteiger partial charge < -0.3 is 10.2 Å². The molecule has 0 radical (unpaired) electrons. The lowest BCUT2D eigenvalue weighted by Gasteiger charge is -2.31. The number of likely N-dealkylation sites (tertiary alicyclic amines) is 1. The molecule has 1 saturated heterocycles. The average molecular weight is 380 g/mol. The second-order valence-electron chi connectivity index (χ2n) is 7.55. The number of piperidine rings is 1. The van der Waals surface area contributed by atoms with E-state index in [1.54, 1.807) is 35.2 Å². The largest absolute Gasteiger partial charge is 0.507 e. The monoisotopic (exact) mass is 380 g/mol. The number of carbonyl (C=O) groups is 2. The number of hydrogen-bond acceptors (Lipinski definition) is 5. The van der Waals surface area contributed by atoms with Gasteiger partial charge in [-0.25, -0.2) is 0 Å². The lowest BCUT2D eigenvalue weighted by atomic mass is 9.88. The van der Waals surface area contributed by atoms with Crippen molar-refractivity contribution in [2.75, 3.05) is 24.7 Å². The summed E-state index contributed by atoms with van der Waals surface area (Å²) in [5.41, 5.74) is -0.728. The third-order valence-corrected chi connectivity index (χ3v) is 5.65. The second kappa shape index (κ2) is 7.37. The molecule has 2 heterocycles. The van der Waals surface area contributed by atoms with E-state index in [0.29, 0.717) is 17.9 Å². The van der Waals surface area contributed by atoms with Crippen LogP contribution in [-0.4, -0.2) is 46.6 Å². The van der Waals surface area contributed by atoms with E-state index < -0.39 is 23.7 Å². The molecule has 2 aliphatic heterocycles. The third-order valence-electron chi connectivity index (χ3n) is 5.65.